The van der Waals surface area contributed by atoms with Crippen molar-refractivity contribution in [2.75, 3.05) is 0 Å². The van der Waals surface area contributed by atoms with E-state index in [2.05, 4.69) is 0 Å². The Bertz CT molecular complexity index is 134. The molecule has 1 N–H and O–H groups in total. The maximum atomic E-state index is 11.6. The highest BCUT2D eigenvalue weighted by Crippen LogP contribution is 2.07. The Morgan fingerprint density at radius 3 is 1.62 bits per heavy atom. The van der Waals surface area contributed by atoms with Gasteiger partial charge < -0.3 is 0 Å². The molecule has 8 heavy (non-hydrogen) atoms. The molecule has 0 amide bonds. The van der Waals surface area contributed by atoms with E-state index in [9.17, 15) is 13.2 Å². The molecule has 0 aliphatic heterocycles. The van der Waals surface area contributed by atoms with E-state index in [0.717, 1.165) is 6.92 Å². The molecule has 0 unspecified atom stereocenters. The molecule has 0 aliphatic carbocycles. The summed E-state index contributed by atoms with van der Waals surface area (Å²) in [5.41, 5.74) is 0. The van der Waals surface area contributed by atoms with Crippen molar-refractivity contribution in [2.45, 2.75) is 6.92 Å². The number of hydrogen-bond donors (Lipinski definition) is 1. The van der Waals surface area contributed by atoms with Gasteiger partial charge in [0.1, 0.15) is 5.83 Å². The fraction of sp³-hybridized carbons (Fsp3) is 0.250. The first-order valence-corrected chi connectivity index (χ1v) is 1.82. The van der Waals surface area contributed by atoms with Crippen LogP contribution < -0.4 is 0 Å². The van der Waals surface area contributed by atoms with Crippen LogP contribution in [0.15, 0.2) is 11.7 Å². The van der Waals surface area contributed by atoms with Crippen LogP contribution in [0.3, 0.4) is 0 Å². The van der Waals surface area contributed by atoms with Gasteiger partial charge in [-0.3, -0.25) is 5.41 Å². The van der Waals surface area contributed by atoms with Gasteiger partial charge in [-0.2, -0.15) is 8.78 Å². The quantitative estimate of drug-likeness (QED) is 0.516. The van der Waals surface area contributed by atoms with Crippen LogP contribution in [-0.2, 0) is 0 Å². The monoisotopic (exact) mass is 123 g/mol. The summed E-state index contributed by atoms with van der Waals surface area (Å²) >= 11 is 0. The lowest BCUT2D eigenvalue weighted by Crippen LogP contribution is -1.86. The van der Waals surface area contributed by atoms with Gasteiger partial charge in [0.05, 0.1) is 0 Å². The highest BCUT2D eigenvalue weighted by atomic mass is 19.2. The van der Waals surface area contributed by atoms with Crippen molar-refractivity contribution in [1.82, 2.24) is 0 Å². The second-order valence-electron chi connectivity index (χ2n) is 1.16. The van der Waals surface area contributed by atoms with Crippen LogP contribution in [0.4, 0.5) is 13.2 Å². The van der Waals surface area contributed by atoms with Gasteiger partial charge in [-0.25, -0.2) is 4.39 Å². The first-order chi connectivity index (χ1) is 3.55. The number of allylic oxidation sites excluding steroid dienone is 2. The number of halogens is 3. The Hall–Kier alpha value is -0.800. The largest absolute Gasteiger partial charge is 0.271 e. The normalized spacial score (nSPS) is 13.0. The molecule has 0 spiro atoms. The minimum absolute atomic E-state index is 0.740. The molecule has 0 radical (unpaired) electrons. The zero-order valence-electron chi connectivity index (χ0n) is 4.13. The molecule has 0 rings (SSSR count). The minimum atomic E-state index is -1.87. The molecule has 0 bridgehead atoms. The molecule has 0 atom stereocenters. The van der Waals surface area contributed by atoms with Gasteiger partial charge in [0, 0.05) is 0 Å². The van der Waals surface area contributed by atoms with E-state index in [1.54, 1.807) is 0 Å². The van der Waals surface area contributed by atoms with Crippen molar-refractivity contribution in [3.05, 3.63) is 11.7 Å². The van der Waals surface area contributed by atoms with Gasteiger partial charge in [-0.15, -0.1) is 0 Å². The summed E-state index contributed by atoms with van der Waals surface area (Å²) in [5, 5.41) is 5.89. The van der Waals surface area contributed by atoms with Crippen molar-refractivity contribution in [2.24, 2.45) is 0 Å². The molecule has 0 fully saturated rings. The van der Waals surface area contributed by atoms with Crippen molar-refractivity contribution >= 4 is 5.97 Å². The lowest BCUT2D eigenvalue weighted by atomic mass is 10.5. The minimum Gasteiger partial charge on any atom is -0.271 e. The van der Waals surface area contributed by atoms with Gasteiger partial charge in [0.2, 0.25) is 11.8 Å². The molecule has 0 aromatic heterocycles. The Morgan fingerprint density at radius 2 is 1.62 bits per heavy atom. The van der Waals surface area contributed by atoms with E-state index >= 15 is 0 Å². The zero-order chi connectivity index (χ0) is 6.73. The van der Waals surface area contributed by atoms with Crippen molar-refractivity contribution in [3.63, 3.8) is 0 Å². The lowest BCUT2D eigenvalue weighted by Gasteiger charge is -1.85. The highest BCUT2D eigenvalue weighted by molar-refractivity contribution is 5.87. The van der Waals surface area contributed by atoms with Crippen LogP contribution in [0.1, 0.15) is 6.92 Å². The predicted molar refractivity (Wildman–Crippen MR) is 23.8 cm³/mol. The summed E-state index contributed by atoms with van der Waals surface area (Å²) in [5.74, 6) is -4.91. The first-order valence-electron chi connectivity index (χ1n) is 1.82. The first kappa shape index (κ1) is 7.20. The molecular formula is C4H4F3N. The van der Waals surface area contributed by atoms with Crippen molar-refractivity contribution in [3.8, 4) is 0 Å². The number of hydrogen-bond acceptors (Lipinski definition) is 1. The summed E-state index contributed by atoms with van der Waals surface area (Å²) in [6.45, 7) is 0.740. The fourth-order valence-corrected chi connectivity index (χ4v) is 0.151. The Balaban J connectivity index is 4.23. The third kappa shape index (κ3) is 1.77. The second kappa shape index (κ2) is 2.49. The maximum Gasteiger partial charge on any atom is 0.244 e. The molecule has 0 aliphatic rings. The van der Waals surface area contributed by atoms with Crippen LogP contribution >= 0.6 is 0 Å². The summed E-state index contributed by atoms with van der Waals surface area (Å²) in [4.78, 5) is 0. The van der Waals surface area contributed by atoms with E-state index < -0.39 is 17.6 Å². The average molecular weight is 123 g/mol. The Kier molecular flexibility index (Phi) is 2.24. The molecule has 0 aromatic carbocycles. The molecule has 4 heteroatoms. The van der Waals surface area contributed by atoms with Gasteiger partial charge in [-0.05, 0) is 6.92 Å². The Labute approximate surface area is 44.3 Å². The molecule has 0 saturated heterocycles. The fourth-order valence-electron chi connectivity index (χ4n) is 0.151. The lowest BCUT2D eigenvalue weighted by molar-refractivity contribution is 0.547. The molecule has 0 heterocycles. The standard InChI is InChI=1S/C4H4F3N/c1-2(5)3(6)4(7)8/h8H,1H3/b3-2-,8-4?. The topological polar surface area (TPSA) is 23.9 Å². The van der Waals surface area contributed by atoms with Gasteiger partial charge in [-0.1, -0.05) is 0 Å². The Morgan fingerprint density at radius 1 is 1.25 bits per heavy atom. The van der Waals surface area contributed by atoms with Crippen LogP contribution in [0, 0.1) is 5.41 Å². The van der Waals surface area contributed by atoms with E-state index in [0.29, 0.717) is 0 Å². The molecule has 0 saturated carbocycles. The number of rotatable bonds is 1. The van der Waals surface area contributed by atoms with Gasteiger partial charge in [0.15, 0.2) is 0 Å². The number of nitrogens with one attached hydrogen (secondary N) is 1. The summed E-state index contributed by atoms with van der Waals surface area (Å²) in [6, 6.07) is 0. The van der Waals surface area contributed by atoms with Gasteiger partial charge >= 0.3 is 0 Å². The van der Waals surface area contributed by atoms with Crippen LogP contribution in [0.25, 0.3) is 0 Å². The van der Waals surface area contributed by atoms with E-state index in [4.69, 9.17) is 5.41 Å². The maximum absolute atomic E-state index is 11.6. The molecule has 46 valence electrons. The SMILES string of the molecule is C/C(F)=C(/F)C(=N)F. The predicted octanol–water partition coefficient (Wildman–Crippen LogP) is 2.10. The summed E-state index contributed by atoms with van der Waals surface area (Å²) in [6.07, 6.45) is 0. The van der Waals surface area contributed by atoms with Gasteiger partial charge in [0.25, 0.3) is 0 Å². The second-order valence-corrected chi connectivity index (χ2v) is 1.16. The smallest absolute Gasteiger partial charge is 0.244 e. The van der Waals surface area contributed by atoms with Crippen LogP contribution in [0.2, 0.25) is 0 Å². The highest BCUT2D eigenvalue weighted by Gasteiger charge is 2.05. The van der Waals surface area contributed by atoms with Crippen molar-refractivity contribution < 1.29 is 13.2 Å². The van der Waals surface area contributed by atoms with E-state index in [1.165, 1.54) is 0 Å². The zero-order valence-corrected chi connectivity index (χ0v) is 4.13. The third-order valence-corrected chi connectivity index (χ3v) is 0.495. The average Bonchev–Trinajstić information content (AvgIpc) is 1.64. The summed E-state index contributed by atoms with van der Waals surface area (Å²) in [7, 11) is 0. The summed E-state index contributed by atoms with van der Waals surface area (Å²) < 4.78 is 34.3. The van der Waals surface area contributed by atoms with E-state index in [1.807, 2.05) is 0 Å². The van der Waals surface area contributed by atoms with E-state index in [-0.39, 0.29) is 0 Å². The molecule has 0 aromatic rings. The van der Waals surface area contributed by atoms with Crippen molar-refractivity contribution in [1.29, 1.82) is 5.41 Å². The van der Waals surface area contributed by atoms with Crippen LogP contribution in [0.5, 0.6) is 0 Å². The molecular weight excluding hydrogens is 119 g/mol. The molecule has 1 nitrogen and oxygen atoms in total. The van der Waals surface area contributed by atoms with Crippen LogP contribution in [-0.4, -0.2) is 5.97 Å². The third-order valence-electron chi connectivity index (χ3n) is 0.495.